The van der Waals surface area contributed by atoms with Crippen molar-refractivity contribution in [3.63, 3.8) is 0 Å². The van der Waals surface area contributed by atoms with Crippen LogP contribution in [0, 0.1) is 12.8 Å². The number of imidazole rings is 1. The first-order valence-electron chi connectivity index (χ1n) is 9.93. The van der Waals surface area contributed by atoms with Crippen LogP contribution in [0.25, 0.3) is 11.0 Å². The summed E-state index contributed by atoms with van der Waals surface area (Å²) in [6.07, 6.45) is 6.44. The minimum atomic E-state index is 0.286. The summed E-state index contributed by atoms with van der Waals surface area (Å²) < 4.78 is 0. The Kier molecular flexibility index (Phi) is 5.23. The quantitative estimate of drug-likeness (QED) is 0.737. The Morgan fingerprint density at radius 2 is 1.85 bits per heavy atom. The van der Waals surface area contributed by atoms with Crippen molar-refractivity contribution in [3.8, 4) is 0 Å². The number of rotatable bonds is 5. The van der Waals surface area contributed by atoms with Crippen LogP contribution in [0.3, 0.4) is 0 Å². The molecular formula is C23H27N3O. The molecule has 2 aromatic carbocycles. The highest BCUT2D eigenvalue weighted by atomic mass is 16.2. The molecule has 4 nitrogen and oxygen atoms in total. The number of fused-ring (bicyclic) bond motifs is 1. The van der Waals surface area contributed by atoms with Crippen molar-refractivity contribution in [2.45, 2.75) is 39.0 Å². The average Bonchev–Trinajstić information content (AvgIpc) is 3.16. The number of nitrogens with one attached hydrogen (secondary N) is 1. The maximum atomic E-state index is 12.6. The van der Waals surface area contributed by atoms with Gasteiger partial charge in [-0.3, -0.25) is 4.79 Å². The molecule has 2 heterocycles. The van der Waals surface area contributed by atoms with Crippen molar-refractivity contribution in [3.05, 3.63) is 65.5 Å². The molecule has 0 unspecified atom stereocenters. The topological polar surface area (TPSA) is 49.0 Å². The van der Waals surface area contributed by atoms with Crippen LogP contribution >= 0.6 is 0 Å². The number of nitrogens with zero attached hydrogens (tertiary/aromatic N) is 2. The van der Waals surface area contributed by atoms with Crippen LogP contribution in [-0.2, 0) is 17.6 Å². The van der Waals surface area contributed by atoms with Gasteiger partial charge in [0.25, 0.3) is 0 Å². The Balaban J connectivity index is 1.25. The number of aromatic amines is 1. The molecule has 1 amide bonds. The number of hydrogen-bond donors (Lipinski definition) is 1. The normalized spacial score (nSPS) is 15.4. The van der Waals surface area contributed by atoms with Crippen LogP contribution in [0.1, 0.15) is 36.0 Å². The number of likely N-dealkylation sites (tertiary alicyclic amines) is 1. The lowest BCUT2D eigenvalue weighted by atomic mass is 9.90. The zero-order valence-corrected chi connectivity index (χ0v) is 15.9. The molecule has 27 heavy (non-hydrogen) atoms. The largest absolute Gasteiger partial charge is 0.345 e. The Morgan fingerprint density at radius 1 is 1.11 bits per heavy atom. The fourth-order valence-electron chi connectivity index (χ4n) is 3.99. The number of hydrogen-bond acceptors (Lipinski definition) is 2. The van der Waals surface area contributed by atoms with Gasteiger partial charge < -0.3 is 9.88 Å². The van der Waals surface area contributed by atoms with E-state index < -0.39 is 0 Å². The smallest absolute Gasteiger partial charge is 0.222 e. The van der Waals surface area contributed by atoms with E-state index >= 15 is 0 Å². The summed E-state index contributed by atoms with van der Waals surface area (Å²) in [5.74, 6) is 0.980. The third-order valence-corrected chi connectivity index (χ3v) is 5.72. The molecule has 0 atom stereocenters. The summed E-state index contributed by atoms with van der Waals surface area (Å²) >= 11 is 0. The lowest BCUT2D eigenvalue weighted by molar-refractivity contribution is -0.132. The molecule has 4 rings (SSSR count). The number of aromatic nitrogens is 2. The SMILES string of the molecule is Cc1ccc(CC2CCN(C(=O)CCc3ccc4nc[nH]c4c3)CC2)cc1. The Labute approximate surface area is 160 Å². The molecule has 1 aromatic heterocycles. The maximum absolute atomic E-state index is 12.6. The second kappa shape index (κ2) is 7.95. The van der Waals surface area contributed by atoms with Crippen molar-refractivity contribution < 1.29 is 4.79 Å². The number of piperidine rings is 1. The molecule has 1 saturated heterocycles. The number of amides is 1. The molecule has 0 bridgehead atoms. The zero-order valence-electron chi connectivity index (χ0n) is 15.9. The van der Waals surface area contributed by atoms with Crippen molar-refractivity contribution in [1.29, 1.82) is 0 Å². The predicted molar refractivity (Wildman–Crippen MR) is 109 cm³/mol. The van der Waals surface area contributed by atoms with E-state index in [2.05, 4.69) is 58.2 Å². The van der Waals surface area contributed by atoms with E-state index in [0.717, 1.165) is 49.8 Å². The maximum Gasteiger partial charge on any atom is 0.222 e. The van der Waals surface area contributed by atoms with Gasteiger partial charge in [-0.05, 0) is 61.8 Å². The van der Waals surface area contributed by atoms with Crippen molar-refractivity contribution in [2.75, 3.05) is 13.1 Å². The first-order chi connectivity index (χ1) is 13.2. The van der Waals surface area contributed by atoms with E-state index in [0.29, 0.717) is 12.3 Å². The van der Waals surface area contributed by atoms with Crippen molar-refractivity contribution in [1.82, 2.24) is 14.9 Å². The van der Waals surface area contributed by atoms with E-state index in [1.165, 1.54) is 16.7 Å². The van der Waals surface area contributed by atoms with E-state index in [1.807, 2.05) is 6.07 Å². The van der Waals surface area contributed by atoms with Gasteiger partial charge in [0.2, 0.25) is 5.91 Å². The first kappa shape index (κ1) is 17.8. The van der Waals surface area contributed by atoms with Crippen LogP contribution < -0.4 is 0 Å². The molecule has 1 fully saturated rings. The highest BCUT2D eigenvalue weighted by Gasteiger charge is 2.22. The fourth-order valence-corrected chi connectivity index (χ4v) is 3.99. The number of H-pyrrole nitrogens is 1. The molecule has 1 aliphatic rings. The highest BCUT2D eigenvalue weighted by Crippen LogP contribution is 2.23. The second-order valence-electron chi connectivity index (χ2n) is 7.77. The van der Waals surface area contributed by atoms with Gasteiger partial charge in [-0.2, -0.15) is 0 Å². The van der Waals surface area contributed by atoms with Gasteiger partial charge in [0, 0.05) is 19.5 Å². The molecule has 0 spiro atoms. The summed E-state index contributed by atoms with van der Waals surface area (Å²) in [6, 6.07) is 15.0. The van der Waals surface area contributed by atoms with Gasteiger partial charge in [-0.15, -0.1) is 0 Å². The molecule has 4 heteroatoms. The monoisotopic (exact) mass is 361 g/mol. The molecule has 0 aliphatic carbocycles. The third-order valence-electron chi connectivity index (χ3n) is 5.72. The van der Waals surface area contributed by atoms with Gasteiger partial charge in [0.15, 0.2) is 0 Å². The fraction of sp³-hybridized carbons (Fsp3) is 0.391. The molecule has 0 radical (unpaired) electrons. The third kappa shape index (κ3) is 4.38. The minimum Gasteiger partial charge on any atom is -0.345 e. The van der Waals surface area contributed by atoms with Crippen LogP contribution in [0.4, 0.5) is 0 Å². The summed E-state index contributed by atoms with van der Waals surface area (Å²) in [5, 5.41) is 0. The van der Waals surface area contributed by atoms with Crippen molar-refractivity contribution >= 4 is 16.9 Å². The Hall–Kier alpha value is -2.62. The Morgan fingerprint density at radius 3 is 2.63 bits per heavy atom. The number of carbonyl (C=O) groups excluding carboxylic acids is 1. The summed E-state index contributed by atoms with van der Waals surface area (Å²) in [7, 11) is 0. The van der Waals surface area contributed by atoms with Crippen molar-refractivity contribution in [2.24, 2.45) is 5.92 Å². The molecule has 140 valence electrons. The van der Waals surface area contributed by atoms with Crippen LogP contribution in [0.5, 0.6) is 0 Å². The van der Waals surface area contributed by atoms with Gasteiger partial charge in [-0.1, -0.05) is 35.9 Å². The lowest BCUT2D eigenvalue weighted by Crippen LogP contribution is -2.39. The second-order valence-corrected chi connectivity index (χ2v) is 7.77. The van der Waals surface area contributed by atoms with Gasteiger partial charge in [0.05, 0.1) is 17.4 Å². The highest BCUT2D eigenvalue weighted by molar-refractivity contribution is 5.77. The van der Waals surface area contributed by atoms with Crippen LogP contribution in [-0.4, -0.2) is 33.9 Å². The average molecular weight is 361 g/mol. The van der Waals surface area contributed by atoms with Gasteiger partial charge in [0.1, 0.15) is 0 Å². The predicted octanol–water partition coefficient (Wildman–Crippen LogP) is 4.29. The van der Waals surface area contributed by atoms with Crippen LogP contribution in [0.2, 0.25) is 0 Å². The zero-order chi connectivity index (χ0) is 18.6. The minimum absolute atomic E-state index is 0.286. The first-order valence-corrected chi connectivity index (χ1v) is 9.93. The molecule has 3 aromatic rings. The van der Waals surface area contributed by atoms with Crippen LogP contribution in [0.15, 0.2) is 48.8 Å². The lowest BCUT2D eigenvalue weighted by Gasteiger charge is -2.32. The molecule has 1 N–H and O–H groups in total. The molecule has 0 saturated carbocycles. The molecular weight excluding hydrogens is 334 g/mol. The van der Waals surface area contributed by atoms with E-state index in [-0.39, 0.29) is 5.91 Å². The van der Waals surface area contributed by atoms with E-state index in [4.69, 9.17) is 0 Å². The summed E-state index contributed by atoms with van der Waals surface area (Å²) in [6.45, 7) is 3.92. The van der Waals surface area contributed by atoms with Gasteiger partial charge in [-0.25, -0.2) is 4.98 Å². The number of aryl methyl sites for hydroxylation is 2. The summed E-state index contributed by atoms with van der Waals surface area (Å²) in [4.78, 5) is 22.0. The van der Waals surface area contributed by atoms with Gasteiger partial charge >= 0.3 is 0 Å². The Bertz CT molecular complexity index is 905. The number of benzene rings is 2. The molecule has 1 aliphatic heterocycles. The van der Waals surface area contributed by atoms with E-state index in [1.54, 1.807) is 6.33 Å². The number of carbonyl (C=O) groups is 1. The van der Waals surface area contributed by atoms with E-state index in [9.17, 15) is 4.79 Å². The standard InChI is InChI=1S/C23H27N3O/c1-17-2-4-18(5-3-17)14-20-10-12-26(13-11-20)23(27)9-7-19-6-8-21-22(15-19)25-16-24-21/h2-6,8,15-16,20H,7,9-14H2,1H3,(H,24,25). The summed E-state index contributed by atoms with van der Waals surface area (Å²) in [5.41, 5.74) is 5.93.